The maximum absolute atomic E-state index is 12.5. The van der Waals surface area contributed by atoms with E-state index >= 15 is 0 Å². The second-order valence-electron chi connectivity index (χ2n) is 6.07. The van der Waals surface area contributed by atoms with Crippen molar-refractivity contribution in [1.82, 2.24) is 4.90 Å². The lowest BCUT2D eigenvalue weighted by molar-refractivity contribution is -0.130. The fraction of sp³-hybridized carbons (Fsp3) is 0.588. The maximum Gasteiger partial charge on any atom is 0.235 e. The lowest BCUT2D eigenvalue weighted by Crippen LogP contribution is -2.39. The van der Waals surface area contributed by atoms with E-state index in [1.54, 1.807) is 11.8 Å². The first kappa shape index (κ1) is 17.1. The van der Waals surface area contributed by atoms with Crippen LogP contribution in [0.3, 0.4) is 0 Å². The van der Waals surface area contributed by atoms with Crippen LogP contribution in [0.2, 0.25) is 0 Å². The topological polar surface area (TPSA) is 20.3 Å². The smallest absolute Gasteiger partial charge is 0.235 e. The molecule has 0 heterocycles. The van der Waals surface area contributed by atoms with E-state index in [4.69, 9.17) is 0 Å². The van der Waals surface area contributed by atoms with E-state index in [1.807, 2.05) is 30.1 Å². The fourth-order valence-corrected chi connectivity index (χ4v) is 3.44. The molecule has 0 aliphatic rings. The standard InChI is InChI=1S/C17H27NOS/c1-13(2)11-18(5)17(19)16(14(3)4)20-12-15-9-7-6-8-10-15/h6-10,13-14,16H,11-12H2,1-5H3. The highest BCUT2D eigenvalue weighted by Crippen LogP contribution is 2.25. The third-order valence-electron chi connectivity index (χ3n) is 3.14. The molecule has 1 aromatic carbocycles. The first-order valence-electron chi connectivity index (χ1n) is 7.32. The summed E-state index contributed by atoms with van der Waals surface area (Å²) < 4.78 is 0. The first-order valence-corrected chi connectivity index (χ1v) is 8.37. The SMILES string of the molecule is CC(C)CN(C)C(=O)C(SCc1ccccc1)C(C)C. The number of benzene rings is 1. The Morgan fingerprint density at radius 2 is 1.75 bits per heavy atom. The van der Waals surface area contributed by atoms with Gasteiger partial charge in [-0.3, -0.25) is 4.79 Å². The number of nitrogens with zero attached hydrogens (tertiary/aromatic N) is 1. The lowest BCUT2D eigenvalue weighted by atomic mass is 10.1. The summed E-state index contributed by atoms with van der Waals surface area (Å²) in [5.74, 6) is 2.02. The zero-order valence-corrected chi connectivity index (χ0v) is 14.1. The van der Waals surface area contributed by atoms with Crippen LogP contribution in [0.1, 0.15) is 33.3 Å². The van der Waals surface area contributed by atoms with Gasteiger partial charge >= 0.3 is 0 Å². The summed E-state index contributed by atoms with van der Waals surface area (Å²) in [6, 6.07) is 10.4. The van der Waals surface area contributed by atoms with Crippen molar-refractivity contribution < 1.29 is 4.79 Å². The van der Waals surface area contributed by atoms with Gasteiger partial charge in [0.2, 0.25) is 5.91 Å². The molecule has 0 fully saturated rings. The van der Waals surface area contributed by atoms with Crippen molar-refractivity contribution in [3.8, 4) is 0 Å². The average molecular weight is 293 g/mol. The highest BCUT2D eigenvalue weighted by molar-refractivity contribution is 7.99. The maximum atomic E-state index is 12.5. The minimum atomic E-state index is 0.0407. The van der Waals surface area contributed by atoms with Crippen LogP contribution in [-0.2, 0) is 10.5 Å². The van der Waals surface area contributed by atoms with Crippen molar-refractivity contribution in [3.05, 3.63) is 35.9 Å². The van der Waals surface area contributed by atoms with Crippen molar-refractivity contribution in [3.63, 3.8) is 0 Å². The van der Waals surface area contributed by atoms with Crippen LogP contribution in [-0.4, -0.2) is 29.6 Å². The number of carbonyl (C=O) groups is 1. The van der Waals surface area contributed by atoms with Crippen LogP contribution in [0.25, 0.3) is 0 Å². The predicted octanol–water partition coefficient (Wildman–Crippen LogP) is 4.06. The van der Waals surface area contributed by atoms with Gasteiger partial charge in [0.05, 0.1) is 5.25 Å². The van der Waals surface area contributed by atoms with Gasteiger partial charge in [-0.2, -0.15) is 0 Å². The largest absolute Gasteiger partial charge is 0.345 e. The Kier molecular flexibility index (Phi) is 7.14. The third-order valence-corrected chi connectivity index (χ3v) is 4.74. The van der Waals surface area contributed by atoms with Crippen LogP contribution >= 0.6 is 11.8 Å². The molecule has 0 N–H and O–H groups in total. The number of hydrogen-bond acceptors (Lipinski definition) is 2. The van der Waals surface area contributed by atoms with Gasteiger partial charge in [-0.25, -0.2) is 0 Å². The molecule has 1 unspecified atom stereocenters. The van der Waals surface area contributed by atoms with Gasteiger partial charge in [0.25, 0.3) is 0 Å². The molecule has 1 atom stereocenters. The van der Waals surface area contributed by atoms with Crippen LogP contribution in [0.15, 0.2) is 30.3 Å². The molecule has 0 saturated heterocycles. The fourth-order valence-electron chi connectivity index (χ4n) is 2.16. The van der Waals surface area contributed by atoms with Crippen molar-refractivity contribution in [2.45, 2.75) is 38.7 Å². The van der Waals surface area contributed by atoms with Gasteiger partial charge < -0.3 is 4.90 Å². The number of carbonyl (C=O) groups excluding carboxylic acids is 1. The molecule has 0 saturated carbocycles. The molecule has 0 aromatic heterocycles. The molecule has 2 nitrogen and oxygen atoms in total. The summed E-state index contributed by atoms with van der Waals surface area (Å²) in [5, 5.41) is 0.0407. The highest BCUT2D eigenvalue weighted by Gasteiger charge is 2.25. The second-order valence-corrected chi connectivity index (χ2v) is 7.20. The average Bonchev–Trinajstić information content (AvgIpc) is 2.38. The monoisotopic (exact) mass is 293 g/mol. The van der Waals surface area contributed by atoms with Crippen LogP contribution < -0.4 is 0 Å². The normalized spacial score (nSPS) is 12.8. The molecule has 1 rings (SSSR count). The molecule has 1 aromatic rings. The van der Waals surface area contributed by atoms with E-state index in [-0.39, 0.29) is 11.2 Å². The van der Waals surface area contributed by atoms with E-state index in [9.17, 15) is 4.79 Å². The van der Waals surface area contributed by atoms with E-state index in [0.29, 0.717) is 11.8 Å². The number of thioether (sulfide) groups is 1. The molecule has 0 radical (unpaired) electrons. The van der Waals surface area contributed by atoms with E-state index < -0.39 is 0 Å². The van der Waals surface area contributed by atoms with Gasteiger partial charge in [-0.05, 0) is 17.4 Å². The third kappa shape index (κ3) is 5.58. The van der Waals surface area contributed by atoms with Crippen molar-refractivity contribution in [2.75, 3.05) is 13.6 Å². The summed E-state index contributed by atoms with van der Waals surface area (Å²) in [6.45, 7) is 9.37. The van der Waals surface area contributed by atoms with Gasteiger partial charge in [0.1, 0.15) is 0 Å². The van der Waals surface area contributed by atoms with Crippen molar-refractivity contribution >= 4 is 17.7 Å². The molecule has 20 heavy (non-hydrogen) atoms. The summed E-state index contributed by atoms with van der Waals surface area (Å²) in [5.41, 5.74) is 1.28. The Hall–Kier alpha value is -0.960. The Bertz CT molecular complexity index is 403. The van der Waals surface area contributed by atoms with Crippen LogP contribution in [0, 0.1) is 11.8 Å². The van der Waals surface area contributed by atoms with E-state index in [2.05, 4.69) is 39.8 Å². The van der Waals surface area contributed by atoms with Crippen LogP contribution in [0.4, 0.5) is 0 Å². The molecule has 0 aliphatic carbocycles. The molecule has 3 heteroatoms. The minimum absolute atomic E-state index is 0.0407. The van der Waals surface area contributed by atoms with E-state index in [0.717, 1.165) is 12.3 Å². The van der Waals surface area contributed by atoms with Crippen molar-refractivity contribution in [2.24, 2.45) is 11.8 Å². The summed E-state index contributed by atoms with van der Waals surface area (Å²) in [7, 11) is 1.92. The quantitative estimate of drug-likeness (QED) is 0.755. The summed E-state index contributed by atoms with van der Waals surface area (Å²) in [4.78, 5) is 14.4. The zero-order valence-electron chi connectivity index (χ0n) is 13.3. The summed E-state index contributed by atoms with van der Waals surface area (Å²) >= 11 is 1.76. The second kappa shape index (κ2) is 8.35. The predicted molar refractivity (Wildman–Crippen MR) is 88.8 cm³/mol. The van der Waals surface area contributed by atoms with Crippen LogP contribution in [0.5, 0.6) is 0 Å². The zero-order chi connectivity index (χ0) is 15.1. The molecular weight excluding hydrogens is 266 g/mol. The van der Waals surface area contributed by atoms with Gasteiger partial charge in [-0.1, -0.05) is 58.0 Å². The highest BCUT2D eigenvalue weighted by atomic mass is 32.2. The molecule has 0 aliphatic heterocycles. The number of hydrogen-bond donors (Lipinski definition) is 0. The Balaban J connectivity index is 2.62. The molecular formula is C17H27NOS. The summed E-state index contributed by atoms with van der Waals surface area (Å²) in [6.07, 6.45) is 0. The molecule has 1 amide bonds. The number of amides is 1. The Morgan fingerprint density at radius 1 is 1.15 bits per heavy atom. The van der Waals surface area contributed by atoms with Gasteiger partial charge in [-0.15, -0.1) is 11.8 Å². The Labute approximate surface area is 127 Å². The molecule has 0 spiro atoms. The Morgan fingerprint density at radius 3 is 2.25 bits per heavy atom. The molecule has 112 valence electrons. The minimum Gasteiger partial charge on any atom is -0.345 e. The number of rotatable bonds is 7. The van der Waals surface area contributed by atoms with Gasteiger partial charge in [0.15, 0.2) is 0 Å². The van der Waals surface area contributed by atoms with Gasteiger partial charge in [0, 0.05) is 19.3 Å². The van der Waals surface area contributed by atoms with Crippen molar-refractivity contribution in [1.29, 1.82) is 0 Å². The van der Waals surface area contributed by atoms with E-state index in [1.165, 1.54) is 5.56 Å². The first-order chi connectivity index (χ1) is 9.41. The molecule has 0 bridgehead atoms. The lowest BCUT2D eigenvalue weighted by Gasteiger charge is -2.27.